The van der Waals surface area contributed by atoms with E-state index in [4.69, 9.17) is 17.3 Å². The minimum atomic E-state index is -2.37. The van der Waals surface area contributed by atoms with Crippen molar-refractivity contribution in [3.8, 4) is 0 Å². The van der Waals surface area contributed by atoms with Crippen LogP contribution in [0.3, 0.4) is 0 Å². The zero-order valence-corrected chi connectivity index (χ0v) is 9.85. The number of nitrogens with zero attached hydrogens (tertiary/aromatic N) is 1. The molecule has 5 heteroatoms. The number of halogens is 3. The normalized spacial score (nSPS) is 10.9. The largest absolute Gasteiger partial charge is 0.369 e. The second-order valence-corrected chi connectivity index (χ2v) is 3.95. The molecule has 0 spiro atoms. The van der Waals surface area contributed by atoms with E-state index >= 15 is 0 Å². The molecule has 0 aliphatic heterocycles. The maximum Gasteiger partial charge on any atom is 0.255 e. The van der Waals surface area contributed by atoms with Crippen LogP contribution in [0.15, 0.2) is 18.2 Å². The molecule has 0 saturated heterocycles. The van der Waals surface area contributed by atoms with Crippen LogP contribution in [0, 0.1) is 0 Å². The van der Waals surface area contributed by atoms with Crippen LogP contribution in [-0.2, 0) is 6.42 Å². The van der Waals surface area contributed by atoms with Crippen LogP contribution in [0.2, 0.25) is 5.02 Å². The number of hydrogen-bond acceptors (Lipinski definition) is 2. The van der Waals surface area contributed by atoms with Gasteiger partial charge < -0.3 is 10.6 Å². The molecule has 0 aliphatic carbocycles. The maximum absolute atomic E-state index is 12.3. The van der Waals surface area contributed by atoms with E-state index in [2.05, 4.69) is 0 Å². The van der Waals surface area contributed by atoms with Gasteiger partial charge in [-0.25, -0.2) is 8.78 Å². The first kappa shape index (κ1) is 13.2. The summed E-state index contributed by atoms with van der Waals surface area (Å²) in [7, 11) is 1.62. The average Bonchev–Trinajstić information content (AvgIpc) is 2.20. The molecule has 0 atom stereocenters. The SMILES string of the molecule is CN(CC(F)F)c1cccc(Cl)c1CCN. The van der Waals surface area contributed by atoms with Gasteiger partial charge in [-0.15, -0.1) is 0 Å². The summed E-state index contributed by atoms with van der Waals surface area (Å²) < 4.78 is 24.6. The van der Waals surface area contributed by atoms with Crippen molar-refractivity contribution in [2.24, 2.45) is 5.73 Å². The van der Waals surface area contributed by atoms with E-state index < -0.39 is 6.43 Å². The van der Waals surface area contributed by atoms with E-state index in [1.807, 2.05) is 0 Å². The number of hydrogen-bond donors (Lipinski definition) is 1. The van der Waals surface area contributed by atoms with Crippen LogP contribution >= 0.6 is 11.6 Å². The van der Waals surface area contributed by atoms with E-state index in [0.29, 0.717) is 18.0 Å². The second-order valence-electron chi connectivity index (χ2n) is 3.55. The summed E-state index contributed by atoms with van der Waals surface area (Å²) in [5.41, 5.74) is 7.02. The first-order chi connectivity index (χ1) is 7.56. The molecular weight excluding hydrogens is 234 g/mol. The molecule has 0 saturated carbocycles. The Balaban J connectivity index is 2.97. The van der Waals surface area contributed by atoms with Crippen molar-refractivity contribution in [2.75, 3.05) is 25.0 Å². The monoisotopic (exact) mass is 248 g/mol. The number of benzene rings is 1. The molecule has 0 bridgehead atoms. The smallest absolute Gasteiger partial charge is 0.255 e. The van der Waals surface area contributed by atoms with Crippen molar-refractivity contribution in [3.63, 3.8) is 0 Å². The standard InChI is InChI=1S/C11H15ClF2N2/c1-16(7-11(13)14)10-4-2-3-9(12)8(10)5-6-15/h2-4,11H,5-7,15H2,1H3. The molecule has 0 aliphatic rings. The van der Waals surface area contributed by atoms with Crippen LogP contribution in [0.25, 0.3) is 0 Å². The van der Waals surface area contributed by atoms with Gasteiger partial charge in [0.25, 0.3) is 6.43 Å². The predicted octanol–water partition coefficient (Wildman–Crippen LogP) is 2.54. The van der Waals surface area contributed by atoms with Crippen molar-refractivity contribution in [3.05, 3.63) is 28.8 Å². The van der Waals surface area contributed by atoms with Crippen LogP contribution in [0.5, 0.6) is 0 Å². The van der Waals surface area contributed by atoms with Crippen LogP contribution in [0.1, 0.15) is 5.56 Å². The molecule has 0 unspecified atom stereocenters. The Labute approximate surface area is 99.0 Å². The van der Waals surface area contributed by atoms with Crippen molar-refractivity contribution in [1.82, 2.24) is 0 Å². The van der Waals surface area contributed by atoms with Crippen molar-refractivity contribution < 1.29 is 8.78 Å². The lowest BCUT2D eigenvalue weighted by Gasteiger charge is -2.22. The summed E-state index contributed by atoms with van der Waals surface area (Å²) in [6.07, 6.45) is -1.78. The van der Waals surface area contributed by atoms with Crippen molar-refractivity contribution in [1.29, 1.82) is 0 Å². The molecule has 0 aromatic heterocycles. The molecule has 1 aromatic rings. The first-order valence-corrected chi connectivity index (χ1v) is 5.40. The molecule has 0 heterocycles. The summed E-state index contributed by atoms with van der Waals surface area (Å²) in [5, 5.41) is 0.573. The molecule has 0 amide bonds. The summed E-state index contributed by atoms with van der Waals surface area (Å²) in [6.45, 7) is 0.136. The van der Waals surface area contributed by atoms with Gasteiger partial charge in [0, 0.05) is 17.8 Å². The molecule has 1 aromatic carbocycles. The fraction of sp³-hybridized carbons (Fsp3) is 0.455. The van der Waals surface area contributed by atoms with Gasteiger partial charge in [-0.1, -0.05) is 17.7 Å². The Morgan fingerprint density at radius 1 is 1.44 bits per heavy atom. The van der Waals surface area contributed by atoms with Gasteiger partial charge >= 0.3 is 0 Å². The molecule has 16 heavy (non-hydrogen) atoms. The maximum atomic E-state index is 12.3. The van der Waals surface area contributed by atoms with Crippen molar-refractivity contribution in [2.45, 2.75) is 12.8 Å². The Kier molecular flexibility index (Phi) is 4.96. The number of rotatable bonds is 5. The van der Waals surface area contributed by atoms with E-state index in [1.54, 1.807) is 25.2 Å². The topological polar surface area (TPSA) is 29.3 Å². The first-order valence-electron chi connectivity index (χ1n) is 5.03. The fourth-order valence-corrected chi connectivity index (χ4v) is 1.87. The Morgan fingerprint density at radius 3 is 2.69 bits per heavy atom. The van der Waals surface area contributed by atoms with Gasteiger partial charge in [-0.05, 0) is 30.7 Å². The third-order valence-corrected chi connectivity index (χ3v) is 2.67. The highest BCUT2D eigenvalue weighted by Crippen LogP contribution is 2.27. The lowest BCUT2D eigenvalue weighted by molar-refractivity contribution is 0.156. The molecule has 90 valence electrons. The van der Waals surface area contributed by atoms with Crippen LogP contribution < -0.4 is 10.6 Å². The zero-order valence-electron chi connectivity index (χ0n) is 9.09. The summed E-state index contributed by atoms with van der Waals surface area (Å²) in [5.74, 6) is 0. The highest BCUT2D eigenvalue weighted by atomic mass is 35.5. The van der Waals surface area contributed by atoms with Crippen LogP contribution in [0.4, 0.5) is 14.5 Å². The Hall–Kier alpha value is -0.870. The molecular formula is C11H15ClF2N2. The summed E-state index contributed by atoms with van der Waals surface area (Å²) >= 11 is 6.02. The Bertz CT molecular complexity index is 345. The third-order valence-electron chi connectivity index (χ3n) is 2.31. The third kappa shape index (κ3) is 3.32. The lowest BCUT2D eigenvalue weighted by atomic mass is 10.1. The zero-order chi connectivity index (χ0) is 12.1. The van der Waals surface area contributed by atoms with Gasteiger partial charge in [-0.2, -0.15) is 0 Å². The quantitative estimate of drug-likeness (QED) is 0.868. The highest BCUT2D eigenvalue weighted by Gasteiger charge is 2.13. The molecule has 0 radical (unpaired) electrons. The van der Waals surface area contributed by atoms with E-state index in [1.165, 1.54) is 4.90 Å². The fourth-order valence-electron chi connectivity index (χ4n) is 1.60. The van der Waals surface area contributed by atoms with Crippen molar-refractivity contribution >= 4 is 17.3 Å². The van der Waals surface area contributed by atoms with Gasteiger partial charge in [0.15, 0.2) is 0 Å². The minimum Gasteiger partial charge on any atom is -0.369 e. The van der Waals surface area contributed by atoms with Gasteiger partial charge in [0.1, 0.15) is 0 Å². The highest BCUT2D eigenvalue weighted by molar-refractivity contribution is 6.31. The number of alkyl halides is 2. The Morgan fingerprint density at radius 2 is 2.12 bits per heavy atom. The van der Waals surface area contributed by atoms with E-state index in [-0.39, 0.29) is 6.54 Å². The molecule has 1 rings (SSSR count). The summed E-state index contributed by atoms with van der Waals surface area (Å²) in [6, 6.07) is 5.27. The van der Waals surface area contributed by atoms with E-state index in [9.17, 15) is 8.78 Å². The minimum absolute atomic E-state index is 0.308. The predicted molar refractivity (Wildman–Crippen MR) is 63.5 cm³/mol. The number of nitrogens with two attached hydrogens (primary N) is 1. The van der Waals surface area contributed by atoms with Gasteiger partial charge in [0.2, 0.25) is 0 Å². The summed E-state index contributed by atoms with van der Waals surface area (Å²) in [4.78, 5) is 1.50. The molecule has 2 N–H and O–H groups in total. The molecule has 0 fully saturated rings. The molecule has 2 nitrogen and oxygen atoms in total. The van der Waals surface area contributed by atoms with E-state index in [0.717, 1.165) is 11.3 Å². The van der Waals surface area contributed by atoms with Gasteiger partial charge in [-0.3, -0.25) is 0 Å². The van der Waals surface area contributed by atoms with Crippen LogP contribution in [-0.4, -0.2) is 26.6 Å². The van der Waals surface area contributed by atoms with Gasteiger partial charge in [0.05, 0.1) is 6.54 Å². The average molecular weight is 249 g/mol. The second kappa shape index (κ2) is 6.01. The lowest BCUT2D eigenvalue weighted by Crippen LogP contribution is -2.25. The number of anilines is 1.